The Morgan fingerprint density at radius 1 is 0.806 bits per heavy atom. The quantitative estimate of drug-likeness (QED) is 0.0853. The van der Waals surface area contributed by atoms with Crippen LogP contribution >= 0.6 is 12.6 Å². The second kappa shape index (κ2) is 15.9. The van der Waals surface area contributed by atoms with Crippen molar-refractivity contribution >= 4 is 48.2 Å². The highest BCUT2D eigenvalue weighted by molar-refractivity contribution is 7.80. The number of rotatable bonds is 16. The molecule has 0 heterocycles. The summed E-state index contributed by atoms with van der Waals surface area (Å²) in [7, 11) is 0. The zero-order valence-corrected chi connectivity index (χ0v) is 21.0. The van der Waals surface area contributed by atoms with Gasteiger partial charge < -0.3 is 47.4 Å². The van der Waals surface area contributed by atoms with Crippen LogP contribution in [0, 0.1) is 5.92 Å². The number of carboxylic acid groups (broad SMARTS) is 2. The predicted molar refractivity (Wildman–Crippen MR) is 128 cm³/mol. The van der Waals surface area contributed by atoms with E-state index in [-0.39, 0.29) is 11.7 Å². The molecule has 0 saturated carbocycles. The van der Waals surface area contributed by atoms with Crippen molar-refractivity contribution in [2.24, 2.45) is 11.7 Å². The standard InChI is InChI=1S/C20H35N5O10S/c1-8(2)4-10(21)16(30)24-13(7-36)18(32)25-15(9(3)27)19(33)22-11(5-14(28)29)17(31)23-12(6-26)20(34)35/h8-13,15,26-27,36H,4-7,21H2,1-3H3,(H,22,33)(H,23,31)(H,24,30)(H,25,32)(H,28,29)(H,34,35)/t9-,10+,11+,12+,13+,15+/m1/s1. The Balaban J connectivity index is 5.50. The molecule has 0 rings (SSSR count). The van der Waals surface area contributed by atoms with E-state index in [1.165, 1.54) is 0 Å². The van der Waals surface area contributed by atoms with Crippen LogP contribution in [0.1, 0.15) is 33.6 Å². The van der Waals surface area contributed by atoms with Crippen molar-refractivity contribution in [3.8, 4) is 0 Å². The first-order valence-electron chi connectivity index (χ1n) is 11.0. The molecule has 4 amide bonds. The number of aliphatic hydroxyl groups excluding tert-OH is 2. The molecule has 6 atom stereocenters. The molecular weight excluding hydrogens is 502 g/mol. The van der Waals surface area contributed by atoms with Gasteiger partial charge in [0.1, 0.15) is 24.2 Å². The smallest absolute Gasteiger partial charge is 0.328 e. The van der Waals surface area contributed by atoms with Crippen molar-refractivity contribution in [3.63, 3.8) is 0 Å². The van der Waals surface area contributed by atoms with Gasteiger partial charge in [-0.3, -0.25) is 24.0 Å². The third-order valence-electron chi connectivity index (χ3n) is 4.75. The van der Waals surface area contributed by atoms with Crippen molar-refractivity contribution in [2.75, 3.05) is 12.4 Å². The number of nitrogens with two attached hydrogens (primary N) is 1. The number of carbonyl (C=O) groups is 6. The van der Waals surface area contributed by atoms with Crippen LogP contribution in [-0.4, -0.2) is 105 Å². The van der Waals surface area contributed by atoms with E-state index >= 15 is 0 Å². The SMILES string of the molecule is CC(C)C[C@H](N)C(=O)N[C@@H](CS)C(=O)N[C@H](C(=O)N[C@@H](CC(=O)O)C(=O)N[C@@H](CO)C(=O)O)[C@@H](C)O. The van der Waals surface area contributed by atoms with Gasteiger partial charge in [0.15, 0.2) is 0 Å². The Morgan fingerprint density at radius 2 is 1.31 bits per heavy atom. The molecule has 0 aromatic rings. The summed E-state index contributed by atoms with van der Waals surface area (Å²) < 4.78 is 0. The summed E-state index contributed by atoms with van der Waals surface area (Å²) in [6.45, 7) is 3.84. The normalized spacial score (nSPS) is 16.0. The third kappa shape index (κ3) is 11.7. The fraction of sp³-hybridized carbons (Fsp3) is 0.700. The van der Waals surface area contributed by atoms with E-state index < -0.39 is 84.9 Å². The zero-order valence-electron chi connectivity index (χ0n) is 20.1. The lowest BCUT2D eigenvalue weighted by atomic mass is 10.0. The number of aliphatic carboxylic acids is 2. The van der Waals surface area contributed by atoms with Gasteiger partial charge in [-0.15, -0.1) is 0 Å². The monoisotopic (exact) mass is 537 g/mol. The van der Waals surface area contributed by atoms with Crippen molar-refractivity contribution in [1.29, 1.82) is 0 Å². The van der Waals surface area contributed by atoms with Crippen LogP contribution in [-0.2, 0) is 28.8 Å². The summed E-state index contributed by atoms with van der Waals surface area (Å²) in [6, 6.07) is -7.42. The van der Waals surface area contributed by atoms with E-state index in [1.807, 2.05) is 24.5 Å². The number of hydrogen-bond donors (Lipinski definition) is 10. The first-order chi connectivity index (χ1) is 16.6. The fourth-order valence-electron chi connectivity index (χ4n) is 2.85. The first kappa shape index (κ1) is 33.0. The molecule has 0 aliphatic carbocycles. The molecule has 16 heteroatoms. The summed E-state index contributed by atoms with van der Waals surface area (Å²) >= 11 is 4.01. The van der Waals surface area contributed by atoms with Gasteiger partial charge in [-0.2, -0.15) is 12.6 Å². The number of amides is 4. The molecule has 0 aliphatic rings. The fourth-order valence-corrected chi connectivity index (χ4v) is 3.11. The molecule has 0 fully saturated rings. The van der Waals surface area contributed by atoms with Gasteiger partial charge >= 0.3 is 11.9 Å². The minimum absolute atomic E-state index is 0.108. The molecule has 0 aromatic carbocycles. The summed E-state index contributed by atoms with van der Waals surface area (Å²) in [5, 5.41) is 45.5. The maximum atomic E-state index is 12.7. The molecule has 0 saturated heterocycles. The number of aliphatic hydroxyl groups is 2. The Labute approximate surface area is 213 Å². The van der Waals surface area contributed by atoms with Gasteiger partial charge in [0.2, 0.25) is 23.6 Å². The maximum absolute atomic E-state index is 12.7. The predicted octanol–water partition coefficient (Wildman–Crippen LogP) is -3.84. The van der Waals surface area contributed by atoms with E-state index in [2.05, 4.69) is 23.3 Å². The van der Waals surface area contributed by atoms with Crippen LogP contribution in [0.3, 0.4) is 0 Å². The Morgan fingerprint density at radius 3 is 1.72 bits per heavy atom. The van der Waals surface area contributed by atoms with Crippen LogP contribution in [0.15, 0.2) is 0 Å². The largest absolute Gasteiger partial charge is 0.481 e. The zero-order chi connectivity index (χ0) is 28.2. The summed E-state index contributed by atoms with van der Waals surface area (Å²) in [5.41, 5.74) is 5.79. The Bertz CT molecular complexity index is 810. The van der Waals surface area contributed by atoms with Gasteiger partial charge in [0.05, 0.1) is 25.2 Å². The molecule has 0 radical (unpaired) electrons. The lowest BCUT2D eigenvalue weighted by molar-refractivity contribution is -0.144. The van der Waals surface area contributed by atoms with E-state index in [1.54, 1.807) is 0 Å². The molecule has 0 unspecified atom stereocenters. The maximum Gasteiger partial charge on any atom is 0.328 e. The highest BCUT2D eigenvalue weighted by atomic mass is 32.1. The minimum atomic E-state index is -1.81. The van der Waals surface area contributed by atoms with Crippen molar-refractivity contribution in [1.82, 2.24) is 21.3 Å². The Hall–Kier alpha value is -2.95. The average molecular weight is 538 g/mol. The topological polar surface area (TPSA) is 257 Å². The Kier molecular flexibility index (Phi) is 14.6. The second-order valence-corrected chi connectivity index (χ2v) is 8.81. The highest BCUT2D eigenvalue weighted by Gasteiger charge is 2.34. The molecule has 0 bridgehead atoms. The van der Waals surface area contributed by atoms with Gasteiger partial charge in [-0.05, 0) is 19.3 Å². The van der Waals surface area contributed by atoms with Gasteiger partial charge in [0.25, 0.3) is 0 Å². The molecular formula is C20H35N5O10S. The van der Waals surface area contributed by atoms with Gasteiger partial charge in [0, 0.05) is 5.75 Å². The molecule has 0 aromatic heterocycles. The van der Waals surface area contributed by atoms with Crippen LogP contribution in [0.25, 0.3) is 0 Å². The van der Waals surface area contributed by atoms with Crippen LogP contribution < -0.4 is 27.0 Å². The number of hydrogen-bond acceptors (Lipinski definition) is 10. The number of carbonyl (C=O) groups excluding carboxylic acids is 4. The first-order valence-corrected chi connectivity index (χ1v) is 11.6. The van der Waals surface area contributed by atoms with E-state index in [4.69, 9.17) is 21.1 Å². The van der Waals surface area contributed by atoms with Crippen LogP contribution in [0.5, 0.6) is 0 Å². The third-order valence-corrected chi connectivity index (χ3v) is 5.11. The molecule has 206 valence electrons. The molecule has 0 aliphatic heterocycles. The molecule has 36 heavy (non-hydrogen) atoms. The van der Waals surface area contributed by atoms with Gasteiger partial charge in [-0.1, -0.05) is 13.8 Å². The van der Waals surface area contributed by atoms with E-state index in [0.717, 1.165) is 6.92 Å². The number of carboxylic acids is 2. The minimum Gasteiger partial charge on any atom is -0.481 e. The highest BCUT2D eigenvalue weighted by Crippen LogP contribution is 2.04. The number of nitrogens with one attached hydrogen (secondary N) is 4. The lowest BCUT2D eigenvalue weighted by Gasteiger charge is -2.26. The summed E-state index contributed by atoms with van der Waals surface area (Å²) in [6.07, 6.45) is -2.16. The van der Waals surface area contributed by atoms with E-state index in [9.17, 15) is 33.9 Å². The molecule has 10 N–H and O–H groups in total. The van der Waals surface area contributed by atoms with Gasteiger partial charge in [-0.25, -0.2) is 4.79 Å². The summed E-state index contributed by atoms with van der Waals surface area (Å²) in [4.78, 5) is 72.1. The molecule has 0 spiro atoms. The second-order valence-electron chi connectivity index (χ2n) is 8.45. The lowest BCUT2D eigenvalue weighted by Crippen LogP contribution is -2.61. The summed E-state index contributed by atoms with van der Waals surface area (Å²) in [5.74, 6) is -7.17. The molecule has 15 nitrogen and oxygen atoms in total. The van der Waals surface area contributed by atoms with Crippen LogP contribution in [0.4, 0.5) is 0 Å². The number of thiol groups is 1. The van der Waals surface area contributed by atoms with Crippen molar-refractivity contribution in [3.05, 3.63) is 0 Å². The van der Waals surface area contributed by atoms with Crippen molar-refractivity contribution < 1.29 is 49.2 Å². The average Bonchev–Trinajstić information content (AvgIpc) is 2.76. The van der Waals surface area contributed by atoms with Crippen molar-refractivity contribution in [2.45, 2.75) is 69.9 Å². The van der Waals surface area contributed by atoms with E-state index in [0.29, 0.717) is 6.42 Å². The van der Waals surface area contributed by atoms with Crippen LogP contribution in [0.2, 0.25) is 0 Å².